The first-order valence-corrected chi connectivity index (χ1v) is 7.16. The quantitative estimate of drug-likeness (QED) is 0.723. The first kappa shape index (κ1) is 12.9. The molecule has 0 aliphatic carbocycles. The number of hydrogen-bond acceptors (Lipinski definition) is 7. The Morgan fingerprint density at radius 3 is 3.09 bits per heavy atom. The average molecular weight is 297 g/mol. The number of aryl methyl sites for hydroxylation is 1. The van der Waals surface area contributed by atoms with Gasteiger partial charge in [0.15, 0.2) is 5.82 Å². The monoisotopic (exact) mass is 297 g/mol. The van der Waals surface area contributed by atoms with Crippen LogP contribution in [0.2, 0.25) is 0 Å². The minimum Gasteiger partial charge on any atom is -0.354 e. The van der Waals surface area contributed by atoms with Gasteiger partial charge in [-0.25, -0.2) is 14.6 Å². The van der Waals surface area contributed by atoms with Gasteiger partial charge >= 0.3 is 0 Å². The molecule has 0 saturated carbocycles. The van der Waals surface area contributed by atoms with Crippen molar-refractivity contribution in [3.05, 3.63) is 36.8 Å². The summed E-state index contributed by atoms with van der Waals surface area (Å²) in [4.78, 5) is 15.1. The van der Waals surface area contributed by atoms with Crippen LogP contribution in [0.3, 0.4) is 0 Å². The summed E-state index contributed by atoms with van der Waals surface area (Å²) >= 11 is 0. The van der Waals surface area contributed by atoms with Gasteiger partial charge in [-0.3, -0.25) is 0 Å². The Kier molecular flexibility index (Phi) is 3.06. The molecule has 1 saturated heterocycles. The van der Waals surface area contributed by atoms with Gasteiger partial charge < -0.3 is 9.42 Å². The zero-order valence-corrected chi connectivity index (χ0v) is 12.1. The Morgan fingerprint density at radius 2 is 2.32 bits per heavy atom. The fourth-order valence-corrected chi connectivity index (χ4v) is 2.78. The number of hydrogen-bond donors (Lipinski definition) is 0. The predicted octanol–water partition coefficient (Wildman–Crippen LogP) is 1.48. The molecule has 22 heavy (non-hydrogen) atoms. The van der Waals surface area contributed by atoms with E-state index >= 15 is 0 Å². The Bertz CT molecular complexity index is 767. The minimum absolute atomic E-state index is 0.307. The topological polar surface area (TPSA) is 85.8 Å². The van der Waals surface area contributed by atoms with Crippen LogP contribution in [0.25, 0.3) is 11.5 Å². The molecule has 0 bridgehead atoms. The lowest BCUT2D eigenvalue weighted by Crippen LogP contribution is -2.22. The molecule has 3 aromatic rings. The van der Waals surface area contributed by atoms with Crippen molar-refractivity contribution in [3.63, 3.8) is 0 Å². The number of pyridine rings is 1. The SMILES string of the molecule is Cc1noc(-c2cccnc2N2CCC(n3cncn3)C2)n1. The van der Waals surface area contributed by atoms with Crippen molar-refractivity contribution in [2.45, 2.75) is 19.4 Å². The number of aromatic nitrogens is 6. The van der Waals surface area contributed by atoms with Crippen LogP contribution in [0.1, 0.15) is 18.3 Å². The molecule has 1 aliphatic heterocycles. The smallest absolute Gasteiger partial charge is 0.261 e. The first-order valence-electron chi connectivity index (χ1n) is 7.16. The molecule has 3 aromatic heterocycles. The van der Waals surface area contributed by atoms with Gasteiger partial charge in [0.1, 0.15) is 18.5 Å². The standard InChI is InChI=1S/C14H15N7O/c1-10-18-14(22-19-10)12-3-2-5-16-13(12)20-6-4-11(7-20)21-9-15-8-17-21/h2-3,5,8-9,11H,4,6-7H2,1H3. The summed E-state index contributed by atoms with van der Waals surface area (Å²) in [5.41, 5.74) is 0.863. The van der Waals surface area contributed by atoms with Crippen LogP contribution in [-0.4, -0.2) is 43.0 Å². The fraction of sp³-hybridized carbons (Fsp3) is 0.357. The fourth-order valence-electron chi connectivity index (χ4n) is 2.78. The van der Waals surface area contributed by atoms with Gasteiger partial charge in [0.25, 0.3) is 5.89 Å². The zero-order valence-electron chi connectivity index (χ0n) is 12.1. The van der Waals surface area contributed by atoms with E-state index in [4.69, 9.17) is 4.52 Å². The van der Waals surface area contributed by atoms with E-state index in [1.165, 1.54) is 0 Å². The highest BCUT2D eigenvalue weighted by Gasteiger charge is 2.28. The summed E-state index contributed by atoms with van der Waals surface area (Å²) in [6.07, 6.45) is 6.11. The molecule has 8 heteroatoms. The minimum atomic E-state index is 0.307. The van der Waals surface area contributed by atoms with E-state index in [0.717, 1.165) is 30.9 Å². The van der Waals surface area contributed by atoms with E-state index in [9.17, 15) is 0 Å². The summed E-state index contributed by atoms with van der Waals surface area (Å²) in [5, 5.41) is 8.09. The van der Waals surface area contributed by atoms with E-state index in [0.29, 0.717) is 17.8 Å². The van der Waals surface area contributed by atoms with Crippen LogP contribution in [0.4, 0.5) is 5.82 Å². The molecule has 1 atom stereocenters. The third-order valence-electron chi connectivity index (χ3n) is 3.82. The molecule has 4 rings (SSSR count). The van der Waals surface area contributed by atoms with Crippen molar-refractivity contribution in [1.29, 1.82) is 0 Å². The molecule has 0 N–H and O–H groups in total. The lowest BCUT2D eigenvalue weighted by Gasteiger charge is -2.19. The van der Waals surface area contributed by atoms with Gasteiger partial charge in [0, 0.05) is 19.3 Å². The summed E-state index contributed by atoms with van der Waals surface area (Å²) in [6, 6.07) is 4.14. The number of anilines is 1. The highest BCUT2D eigenvalue weighted by molar-refractivity contribution is 5.70. The van der Waals surface area contributed by atoms with Crippen LogP contribution in [0.5, 0.6) is 0 Å². The number of nitrogens with zero attached hydrogens (tertiary/aromatic N) is 7. The van der Waals surface area contributed by atoms with Gasteiger partial charge in [-0.05, 0) is 25.5 Å². The molecule has 4 heterocycles. The summed E-state index contributed by atoms with van der Waals surface area (Å²) in [7, 11) is 0. The zero-order chi connectivity index (χ0) is 14.9. The van der Waals surface area contributed by atoms with Crippen LogP contribution in [0, 0.1) is 6.92 Å². The molecule has 112 valence electrons. The Labute approximate surface area is 126 Å². The molecule has 1 unspecified atom stereocenters. The van der Waals surface area contributed by atoms with Crippen molar-refractivity contribution in [2.24, 2.45) is 0 Å². The molecule has 1 aliphatic rings. The average Bonchev–Trinajstić information content (AvgIpc) is 3.28. The molecule has 0 radical (unpaired) electrons. The molecule has 0 aromatic carbocycles. The Hall–Kier alpha value is -2.77. The summed E-state index contributed by atoms with van der Waals surface area (Å²) in [6.45, 7) is 3.54. The van der Waals surface area contributed by atoms with Crippen LogP contribution in [-0.2, 0) is 0 Å². The summed E-state index contributed by atoms with van der Waals surface area (Å²) < 4.78 is 7.20. The van der Waals surface area contributed by atoms with Crippen molar-refractivity contribution < 1.29 is 4.52 Å². The second-order valence-electron chi connectivity index (χ2n) is 5.29. The van der Waals surface area contributed by atoms with Gasteiger partial charge in [-0.15, -0.1) is 0 Å². The van der Waals surface area contributed by atoms with E-state index in [1.807, 2.05) is 16.8 Å². The van der Waals surface area contributed by atoms with Crippen molar-refractivity contribution in [2.75, 3.05) is 18.0 Å². The van der Waals surface area contributed by atoms with Crippen molar-refractivity contribution in [3.8, 4) is 11.5 Å². The lowest BCUT2D eigenvalue weighted by molar-refractivity contribution is 0.425. The summed E-state index contributed by atoms with van der Waals surface area (Å²) in [5.74, 6) is 1.99. The van der Waals surface area contributed by atoms with E-state index < -0.39 is 0 Å². The largest absolute Gasteiger partial charge is 0.354 e. The molecule has 0 amide bonds. The molecule has 8 nitrogen and oxygen atoms in total. The van der Waals surface area contributed by atoms with Gasteiger partial charge in [0.2, 0.25) is 0 Å². The molecular formula is C14H15N7O. The van der Waals surface area contributed by atoms with Gasteiger partial charge in [-0.2, -0.15) is 10.1 Å². The predicted molar refractivity (Wildman–Crippen MR) is 78.2 cm³/mol. The first-order chi connectivity index (χ1) is 10.8. The van der Waals surface area contributed by atoms with E-state index in [-0.39, 0.29) is 0 Å². The van der Waals surface area contributed by atoms with Crippen LogP contribution >= 0.6 is 0 Å². The normalized spacial score (nSPS) is 18.0. The van der Waals surface area contributed by atoms with E-state index in [1.54, 1.807) is 25.8 Å². The van der Waals surface area contributed by atoms with Crippen LogP contribution in [0.15, 0.2) is 35.5 Å². The third kappa shape index (κ3) is 2.22. The Balaban J connectivity index is 1.64. The Morgan fingerprint density at radius 1 is 1.36 bits per heavy atom. The highest BCUT2D eigenvalue weighted by Crippen LogP contribution is 2.32. The van der Waals surface area contributed by atoms with Gasteiger partial charge in [0.05, 0.1) is 11.6 Å². The molecule has 0 spiro atoms. The second-order valence-corrected chi connectivity index (χ2v) is 5.29. The van der Waals surface area contributed by atoms with Gasteiger partial charge in [-0.1, -0.05) is 5.16 Å². The maximum absolute atomic E-state index is 5.29. The second kappa shape index (κ2) is 5.21. The van der Waals surface area contributed by atoms with Crippen molar-refractivity contribution in [1.82, 2.24) is 29.9 Å². The van der Waals surface area contributed by atoms with Crippen molar-refractivity contribution >= 4 is 5.82 Å². The van der Waals surface area contributed by atoms with Crippen LogP contribution < -0.4 is 4.90 Å². The third-order valence-corrected chi connectivity index (χ3v) is 3.82. The number of rotatable bonds is 3. The maximum atomic E-state index is 5.29. The maximum Gasteiger partial charge on any atom is 0.261 e. The molecule has 1 fully saturated rings. The molecular weight excluding hydrogens is 282 g/mol. The van der Waals surface area contributed by atoms with E-state index in [2.05, 4.69) is 30.1 Å². The highest BCUT2D eigenvalue weighted by atomic mass is 16.5. The lowest BCUT2D eigenvalue weighted by atomic mass is 10.2.